The number of aliphatic hydroxyl groups excluding tert-OH is 1. The van der Waals surface area contributed by atoms with Crippen LogP contribution in [0.25, 0.3) is 0 Å². The molecular weight excluding hydrogens is 286 g/mol. The van der Waals surface area contributed by atoms with E-state index >= 15 is 0 Å². The van der Waals surface area contributed by atoms with Crippen LogP contribution >= 0.6 is 0 Å². The van der Waals surface area contributed by atoms with Crippen molar-refractivity contribution < 1.29 is 14.8 Å². The van der Waals surface area contributed by atoms with Gasteiger partial charge in [-0.25, -0.2) is 0 Å². The molecule has 22 heavy (non-hydrogen) atoms. The first-order valence-corrected chi connectivity index (χ1v) is 7.31. The molecule has 0 radical (unpaired) electrons. The zero-order valence-electron chi connectivity index (χ0n) is 12.6. The van der Waals surface area contributed by atoms with E-state index in [1.54, 1.807) is 19.9 Å². The number of nitro groups is 1. The third-order valence-corrected chi connectivity index (χ3v) is 4.40. The van der Waals surface area contributed by atoms with Gasteiger partial charge in [0.05, 0.1) is 16.8 Å². The largest absolute Gasteiger partial charge is 0.485 e. The molecule has 1 aromatic rings. The number of rotatable bonds is 2. The van der Waals surface area contributed by atoms with Crippen LogP contribution in [0.4, 0.5) is 5.69 Å². The average molecular weight is 305 g/mol. The van der Waals surface area contributed by atoms with Crippen LogP contribution in [0.3, 0.4) is 0 Å². The third kappa shape index (κ3) is 2.21. The first kappa shape index (κ1) is 14.8. The molecule has 7 nitrogen and oxygen atoms in total. The third-order valence-electron chi connectivity index (χ3n) is 4.40. The Hall–Kier alpha value is -2.15. The number of nitro benzene ring substituents is 1. The molecule has 3 rings (SSSR count). The summed E-state index contributed by atoms with van der Waals surface area (Å²) in [5, 5.41) is 29.8. The number of non-ortho nitro benzene ring substituents is 1. The Morgan fingerprint density at radius 3 is 2.82 bits per heavy atom. The highest BCUT2D eigenvalue weighted by Gasteiger charge is 2.47. The fraction of sp³-hybridized carbons (Fsp3) is 0.533. The van der Waals surface area contributed by atoms with E-state index in [4.69, 9.17) is 10.1 Å². The Morgan fingerprint density at radius 2 is 2.23 bits per heavy atom. The number of likely N-dealkylation sites (tertiary alicyclic amines) is 1. The Morgan fingerprint density at radius 1 is 1.50 bits per heavy atom. The van der Waals surface area contributed by atoms with Gasteiger partial charge in [0.15, 0.2) is 0 Å². The number of benzene rings is 1. The van der Waals surface area contributed by atoms with E-state index in [1.165, 1.54) is 12.1 Å². The van der Waals surface area contributed by atoms with Crippen molar-refractivity contribution in [3.8, 4) is 5.75 Å². The van der Waals surface area contributed by atoms with Gasteiger partial charge in [-0.2, -0.15) is 0 Å². The second-order valence-electron chi connectivity index (χ2n) is 6.32. The fourth-order valence-corrected chi connectivity index (χ4v) is 3.21. The predicted molar refractivity (Wildman–Crippen MR) is 80.2 cm³/mol. The maximum absolute atomic E-state index is 11.0. The molecule has 118 valence electrons. The molecule has 0 unspecified atom stereocenters. The lowest BCUT2D eigenvalue weighted by atomic mass is 9.85. The summed E-state index contributed by atoms with van der Waals surface area (Å²) in [5.41, 5.74) is -0.283. The quantitative estimate of drug-likeness (QED) is 0.644. The molecular formula is C15H19N3O4. The van der Waals surface area contributed by atoms with Gasteiger partial charge in [0.2, 0.25) is 0 Å². The normalized spacial score (nSPS) is 26.5. The van der Waals surface area contributed by atoms with Crippen LogP contribution < -0.4 is 4.74 Å². The second kappa shape index (κ2) is 4.95. The van der Waals surface area contributed by atoms with E-state index in [0.717, 1.165) is 6.42 Å². The number of nitrogens with zero attached hydrogens (tertiary/aromatic N) is 2. The number of ether oxygens (including phenoxy) is 1. The van der Waals surface area contributed by atoms with Crippen LogP contribution in [0.1, 0.15) is 38.3 Å². The van der Waals surface area contributed by atoms with Crippen LogP contribution in [0.2, 0.25) is 0 Å². The molecule has 2 aliphatic heterocycles. The Labute approximate surface area is 128 Å². The van der Waals surface area contributed by atoms with E-state index in [2.05, 4.69) is 0 Å². The molecule has 2 N–H and O–H groups in total. The van der Waals surface area contributed by atoms with E-state index < -0.39 is 22.7 Å². The van der Waals surface area contributed by atoms with Crippen LogP contribution in [-0.2, 0) is 0 Å². The van der Waals surface area contributed by atoms with E-state index in [0.29, 0.717) is 30.1 Å². The number of hydrogen-bond donors (Lipinski definition) is 2. The predicted octanol–water partition coefficient (Wildman–Crippen LogP) is 2.24. The Kier molecular flexibility index (Phi) is 3.32. The summed E-state index contributed by atoms with van der Waals surface area (Å²) in [6, 6.07) is 3.94. The summed E-state index contributed by atoms with van der Waals surface area (Å²) >= 11 is 0. The van der Waals surface area contributed by atoms with Gasteiger partial charge in [-0.15, -0.1) is 0 Å². The molecule has 2 atom stereocenters. The standard InChI is InChI=1S/C15H19N3O4/c1-15(2)14(19)13(17-7-3-4-12(17)16)10-8-9(18(20)21)5-6-11(10)22-15/h5-6,8,13-14,16,19H,3-4,7H2,1-2H3/t13-,14+/m1/s1. The first-order chi connectivity index (χ1) is 10.3. The average Bonchev–Trinajstić information content (AvgIpc) is 2.85. The monoisotopic (exact) mass is 305 g/mol. The summed E-state index contributed by atoms with van der Waals surface area (Å²) in [4.78, 5) is 12.4. The van der Waals surface area contributed by atoms with Crippen LogP contribution in [0.15, 0.2) is 18.2 Å². The lowest BCUT2D eigenvalue weighted by Crippen LogP contribution is -2.53. The number of amidine groups is 1. The molecule has 0 aliphatic carbocycles. The van der Waals surface area contributed by atoms with Gasteiger partial charge >= 0.3 is 0 Å². The molecule has 2 heterocycles. The van der Waals surface area contributed by atoms with Crippen molar-refractivity contribution in [1.29, 1.82) is 5.41 Å². The molecule has 0 aromatic heterocycles. The van der Waals surface area contributed by atoms with Gasteiger partial charge in [-0.05, 0) is 26.3 Å². The van der Waals surface area contributed by atoms with Crippen molar-refractivity contribution in [3.63, 3.8) is 0 Å². The molecule has 0 spiro atoms. The maximum Gasteiger partial charge on any atom is 0.270 e. The van der Waals surface area contributed by atoms with Crippen molar-refractivity contribution in [1.82, 2.24) is 4.90 Å². The van der Waals surface area contributed by atoms with Crippen molar-refractivity contribution >= 4 is 11.5 Å². The minimum absolute atomic E-state index is 0.0371. The highest BCUT2D eigenvalue weighted by molar-refractivity contribution is 5.81. The molecule has 1 saturated heterocycles. The van der Waals surface area contributed by atoms with Crippen molar-refractivity contribution in [2.24, 2.45) is 0 Å². The van der Waals surface area contributed by atoms with Crippen LogP contribution in [0.5, 0.6) is 5.75 Å². The zero-order valence-corrected chi connectivity index (χ0v) is 12.6. The van der Waals surface area contributed by atoms with Gasteiger partial charge in [-0.3, -0.25) is 15.5 Å². The van der Waals surface area contributed by atoms with E-state index in [-0.39, 0.29) is 5.69 Å². The second-order valence-corrected chi connectivity index (χ2v) is 6.32. The highest BCUT2D eigenvalue weighted by Crippen LogP contribution is 2.45. The molecule has 1 aromatic carbocycles. The van der Waals surface area contributed by atoms with Crippen molar-refractivity contribution in [2.45, 2.75) is 44.4 Å². The summed E-state index contributed by atoms with van der Waals surface area (Å²) in [6.45, 7) is 4.24. The van der Waals surface area contributed by atoms with Crippen LogP contribution in [-0.4, -0.2) is 39.0 Å². The number of aliphatic hydroxyl groups is 1. The lowest BCUT2D eigenvalue weighted by Gasteiger charge is -2.45. The minimum atomic E-state index is -0.875. The molecule has 0 saturated carbocycles. The van der Waals surface area contributed by atoms with Gasteiger partial charge in [0.25, 0.3) is 5.69 Å². The topological polar surface area (TPSA) is 99.7 Å². The van der Waals surface area contributed by atoms with Gasteiger partial charge in [0, 0.05) is 30.7 Å². The first-order valence-electron chi connectivity index (χ1n) is 7.31. The Balaban J connectivity index is 2.12. The van der Waals surface area contributed by atoms with E-state index in [9.17, 15) is 15.2 Å². The SMILES string of the molecule is CC1(C)Oc2ccc([N+](=O)[O-])cc2[C@@H](N2CCCC2=N)[C@@H]1O. The zero-order chi connectivity index (χ0) is 16.1. The smallest absolute Gasteiger partial charge is 0.270 e. The van der Waals surface area contributed by atoms with Gasteiger partial charge in [-0.1, -0.05) is 0 Å². The summed E-state index contributed by atoms with van der Waals surface area (Å²) in [5.74, 6) is 0.991. The molecule has 0 bridgehead atoms. The summed E-state index contributed by atoms with van der Waals surface area (Å²) in [6.07, 6.45) is 0.642. The summed E-state index contributed by atoms with van der Waals surface area (Å²) in [7, 11) is 0. The number of hydrogen-bond acceptors (Lipinski definition) is 5. The highest BCUT2D eigenvalue weighted by atomic mass is 16.6. The molecule has 7 heteroatoms. The number of fused-ring (bicyclic) bond motifs is 1. The maximum atomic E-state index is 11.0. The van der Waals surface area contributed by atoms with E-state index in [1.807, 2.05) is 4.90 Å². The molecule has 1 fully saturated rings. The summed E-state index contributed by atoms with van der Waals surface area (Å²) < 4.78 is 5.82. The van der Waals surface area contributed by atoms with Crippen LogP contribution in [0, 0.1) is 15.5 Å². The van der Waals surface area contributed by atoms with Crippen molar-refractivity contribution in [3.05, 3.63) is 33.9 Å². The minimum Gasteiger partial charge on any atom is -0.485 e. The fourth-order valence-electron chi connectivity index (χ4n) is 3.21. The number of nitrogens with one attached hydrogen (secondary N) is 1. The molecule has 2 aliphatic rings. The van der Waals surface area contributed by atoms with Crippen molar-refractivity contribution in [2.75, 3.05) is 6.54 Å². The lowest BCUT2D eigenvalue weighted by molar-refractivity contribution is -0.385. The molecule has 0 amide bonds. The van der Waals surface area contributed by atoms with Gasteiger partial charge < -0.3 is 14.7 Å². The Bertz CT molecular complexity index is 644. The van der Waals surface area contributed by atoms with Gasteiger partial charge in [0.1, 0.15) is 17.5 Å².